The van der Waals surface area contributed by atoms with Crippen molar-refractivity contribution < 1.29 is 4.74 Å². The minimum absolute atomic E-state index is 0.0598. The molecule has 2 rings (SSSR count). The molecule has 0 aromatic carbocycles. The monoisotopic (exact) mass is 249 g/mol. The Kier molecular flexibility index (Phi) is 3.95. The van der Waals surface area contributed by atoms with Gasteiger partial charge in [-0.1, -0.05) is 12.8 Å². The largest absolute Gasteiger partial charge is 0.376 e. The molecule has 6 heteroatoms. The van der Waals surface area contributed by atoms with Crippen LogP contribution < -0.4 is 11.2 Å². The van der Waals surface area contributed by atoms with Crippen LogP contribution in [0.2, 0.25) is 0 Å². The van der Waals surface area contributed by atoms with Crippen molar-refractivity contribution in [2.24, 2.45) is 0 Å². The Morgan fingerprint density at radius 3 is 2.83 bits per heavy atom. The molecule has 0 amide bonds. The fraction of sp³-hybridized carbons (Fsp3) is 0.583. The van der Waals surface area contributed by atoms with E-state index in [-0.39, 0.29) is 5.56 Å². The zero-order valence-corrected chi connectivity index (χ0v) is 10.0. The Balaban J connectivity index is 1.98. The van der Waals surface area contributed by atoms with Gasteiger partial charge in [0.25, 0.3) is 5.56 Å². The van der Waals surface area contributed by atoms with Crippen molar-refractivity contribution >= 4 is 0 Å². The van der Waals surface area contributed by atoms with Gasteiger partial charge in [0.05, 0.1) is 19.3 Å². The average Bonchev–Trinajstić information content (AvgIpc) is 2.85. The Labute approximate surface area is 104 Å². The lowest BCUT2D eigenvalue weighted by Gasteiger charge is -2.11. The van der Waals surface area contributed by atoms with E-state index in [9.17, 15) is 9.59 Å². The van der Waals surface area contributed by atoms with E-state index in [0.717, 1.165) is 12.8 Å². The molecule has 0 atom stereocenters. The zero-order valence-electron chi connectivity index (χ0n) is 10.0. The highest BCUT2D eigenvalue weighted by Gasteiger charge is 2.15. The smallest absolute Gasteiger partial charge is 0.328 e. The van der Waals surface area contributed by atoms with Gasteiger partial charge in [0.15, 0.2) is 0 Å². The molecule has 1 aliphatic carbocycles. The van der Waals surface area contributed by atoms with E-state index in [1.165, 1.54) is 23.6 Å². The SMILES string of the molecule is N#Cc1cn(CCOC2CCCC2)c(=O)[nH]c1=O. The highest BCUT2D eigenvalue weighted by atomic mass is 16.5. The molecule has 18 heavy (non-hydrogen) atoms. The molecule has 0 radical (unpaired) electrons. The van der Waals surface area contributed by atoms with Crippen LogP contribution in [0.3, 0.4) is 0 Å². The normalized spacial score (nSPS) is 15.7. The minimum Gasteiger partial charge on any atom is -0.376 e. The second-order valence-electron chi connectivity index (χ2n) is 4.38. The van der Waals surface area contributed by atoms with Crippen molar-refractivity contribution in [3.63, 3.8) is 0 Å². The fourth-order valence-corrected chi connectivity index (χ4v) is 2.13. The lowest BCUT2D eigenvalue weighted by Crippen LogP contribution is -2.32. The maximum atomic E-state index is 11.5. The summed E-state index contributed by atoms with van der Waals surface area (Å²) in [5, 5.41) is 8.72. The van der Waals surface area contributed by atoms with Gasteiger partial charge in [0, 0.05) is 6.20 Å². The number of ether oxygens (including phenoxy) is 1. The van der Waals surface area contributed by atoms with E-state index in [1.807, 2.05) is 0 Å². The number of hydrogen-bond donors (Lipinski definition) is 1. The van der Waals surface area contributed by atoms with E-state index in [0.29, 0.717) is 19.3 Å². The summed E-state index contributed by atoms with van der Waals surface area (Å²) in [6, 6.07) is 1.75. The summed E-state index contributed by atoms with van der Waals surface area (Å²) in [6.45, 7) is 0.766. The molecule has 0 spiro atoms. The maximum Gasteiger partial charge on any atom is 0.328 e. The third-order valence-corrected chi connectivity index (χ3v) is 3.12. The van der Waals surface area contributed by atoms with Gasteiger partial charge < -0.3 is 4.74 Å². The Bertz CT molecular complexity index is 561. The van der Waals surface area contributed by atoms with Crippen molar-refractivity contribution in [2.75, 3.05) is 6.61 Å². The first-order valence-electron chi connectivity index (χ1n) is 6.06. The van der Waals surface area contributed by atoms with E-state index < -0.39 is 11.2 Å². The summed E-state index contributed by atoms with van der Waals surface area (Å²) in [4.78, 5) is 24.8. The summed E-state index contributed by atoms with van der Waals surface area (Å²) in [6.07, 6.45) is 6.11. The molecule has 0 bridgehead atoms. The Hall–Kier alpha value is -1.87. The molecule has 1 N–H and O–H groups in total. The van der Waals surface area contributed by atoms with Gasteiger partial charge >= 0.3 is 5.69 Å². The first kappa shape index (κ1) is 12.6. The third kappa shape index (κ3) is 2.87. The molecule has 1 aromatic heterocycles. The highest BCUT2D eigenvalue weighted by molar-refractivity contribution is 5.21. The van der Waals surface area contributed by atoms with Crippen molar-refractivity contribution in [1.82, 2.24) is 9.55 Å². The molecule has 1 saturated carbocycles. The molecule has 1 aliphatic rings. The Morgan fingerprint density at radius 2 is 2.17 bits per heavy atom. The molecular formula is C12H15N3O3. The van der Waals surface area contributed by atoms with Crippen LogP contribution in [0.1, 0.15) is 31.2 Å². The highest BCUT2D eigenvalue weighted by Crippen LogP contribution is 2.20. The lowest BCUT2D eigenvalue weighted by atomic mass is 10.3. The summed E-state index contributed by atoms with van der Waals surface area (Å²) < 4.78 is 6.93. The molecule has 0 aliphatic heterocycles. The van der Waals surface area contributed by atoms with Crippen LogP contribution in [0.25, 0.3) is 0 Å². The topological polar surface area (TPSA) is 87.9 Å². The average molecular weight is 249 g/mol. The van der Waals surface area contributed by atoms with E-state index >= 15 is 0 Å². The number of aromatic amines is 1. The second-order valence-corrected chi connectivity index (χ2v) is 4.38. The number of hydrogen-bond acceptors (Lipinski definition) is 4. The molecule has 6 nitrogen and oxygen atoms in total. The van der Waals surface area contributed by atoms with Gasteiger partial charge in [-0.2, -0.15) is 5.26 Å². The molecule has 96 valence electrons. The number of rotatable bonds is 4. The number of H-pyrrole nitrogens is 1. The fourth-order valence-electron chi connectivity index (χ4n) is 2.13. The van der Waals surface area contributed by atoms with Crippen molar-refractivity contribution in [3.05, 3.63) is 32.6 Å². The Morgan fingerprint density at radius 1 is 1.44 bits per heavy atom. The van der Waals surface area contributed by atoms with Gasteiger partial charge in [0.1, 0.15) is 11.6 Å². The summed E-state index contributed by atoms with van der Waals surface area (Å²) in [7, 11) is 0. The van der Waals surface area contributed by atoms with Crippen LogP contribution in [0.5, 0.6) is 0 Å². The quantitative estimate of drug-likeness (QED) is 0.834. The molecule has 0 saturated heterocycles. The van der Waals surface area contributed by atoms with Crippen molar-refractivity contribution in [1.29, 1.82) is 5.26 Å². The van der Waals surface area contributed by atoms with Gasteiger partial charge in [-0.05, 0) is 12.8 Å². The van der Waals surface area contributed by atoms with Crippen LogP contribution in [0, 0.1) is 11.3 Å². The lowest BCUT2D eigenvalue weighted by molar-refractivity contribution is 0.0523. The van der Waals surface area contributed by atoms with E-state index in [1.54, 1.807) is 6.07 Å². The summed E-state index contributed by atoms with van der Waals surface area (Å²) >= 11 is 0. The number of nitrogens with zero attached hydrogens (tertiary/aromatic N) is 2. The van der Waals surface area contributed by atoms with E-state index in [4.69, 9.17) is 10.00 Å². The molecule has 1 aromatic rings. The predicted molar refractivity (Wildman–Crippen MR) is 64.2 cm³/mol. The van der Waals surface area contributed by atoms with E-state index in [2.05, 4.69) is 4.98 Å². The number of aromatic nitrogens is 2. The third-order valence-electron chi connectivity index (χ3n) is 3.12. The van der Waals surface area contributed by atoms with Gasteiger partial charge in [-0.25, -0.2) is 4.79 Å². The van der Waals surface area contributed by atoms with Crippen LogP contribution in [-0.2, 0) is 11.3 Å². The maximum absolute atomic E-state index is 11.5. The first-order chi connectivity index (χ1) is 8.70. The standard InChI is InChI=1S/C12H15N3O3/c13-7-9-8-15(12(17)14-11(9)16)5-6-18-10-3-1-2-4-10/h8,10H,1-6H2,(H,14,16,17). The molecule has 1 heterocycles. The van der Waals surface area contributed by atoms with Gasteiger partial charge in [-0.3, -0.25) is 14.3 Å². The van der Waals surface area contributed by atoms with Crippen LogP contribution in [-0.4, -0.2) is 22.3 Å². The van der Waals surface area contributed by atoms with Crippen LogP contribution >= 0.6 is 0 Å². The molecule has 1 fully saturated rings. The summed E-state index contributed by atoms with van der Waals surface area (Å²) in [5.74, 6) is 0. The van der Waals surface area contributed by atoms with Crippen molar-refractivity contribution in [2.45, 2.75) is 38.3 Å². The van der Waals surface area contributed by atoms with Gasteiger partial charge in [0.2, 0.25) is 0 Å². The summed E-state index contributed by atoms with van der Waals surface area (Å²) in [5.41, 5.74) is -1.21. The zero-order chi connectivity index (χ0) is 13.0. The number of nitrogens with one attached hydrogen (secondary N) is 1. The molecular weight excluding hydrogens is 234 g/mol. The minimum atomic E-state index is -0.643. The second kappa shape index (κ2) is 5.65. The van der Waals surface area contributed by atoms with Gasteiger partial charge in [-0.15, -0.1) is 0 Å². The predicted octanol–water partition coefficient (Wildman–Crippen LogP) is 0.367. The van der Waals surface area contributed by atoms with Crippen LogP contribution in [0.15, 0.2) is 15.8 Å². The number of nitriles is 1. The van der Waals surface area contributed by atoms with Crippen molar-refractivity contribution in [3.8, 4) is 6.07 Å². The first-order valence-corrected chi connectivity index (χ1v) is 6.06. The van der Waals surface area contributed by atoms with Crippen LogP contribution in [0.4, 0.5) is 0 Å². The molecule has 0 unspecified atom stereocenters.